The number of methoxy groups -OCH3 is 1. The van der Waals surface area contributed by atoms with Crippen molar-refractivity contribution in [1.82, 2.24) is 19.4 Å². The third kappa shape index (κ3) is 3.06. The highest BCUT2D eigenvalue weighted by atomic mass is 16.5. The highest BCUT2D eigenvalue weighted by Crippen LogP contribution is 2.48. The zero-order chi connectivity index (χ0) is 17.4. The van der Waals surface area contributed by atoms with Crippen LogP contribution in [-0.4, -0.2) is 58.6 Å². The van der Waals surface area contributed by atoms with Crippen LogP contribution in [0.25, 0.3) is 0 Å². The third-order valence-electron chi connectivity index (χ3n) is 5.23. The van der Waals surface area contributed by atoms with E-state index in [1.165, 1.54) is 5.69 Å². The lowest BCUT2D eigenvalue weighted by Gasteiger charge is -2.36. The molecule has 1 aliphatic heterocycles. The number of imidazole rings is 1. The molecule has 1 aliphatic carbocycles. The molecule has 1 saturated heterocycles. The number of piperazine rings is 1. The summed E-state index contributed by atoms with van der Waals surface area (Å²) in [6.45, 7) is 3.16. The second-order valence-electron chi connectivity index (χ2n) is 6.77. The van der Waals surface area contributed by atoms with Gasteiger partial charge in [0.05, 0.1) is 31.5 Å². The van der Waals surface area contributed by atoms with Gasteiger partial charge in [-0.15, -0.1) is 0 Å². The molecule has 7 nitrogen and oxygen atoms in total. The van der Waals surface area contributed by atoms with E-state index in [2.05, 4.69) is 14.9 Å². The first kappa shape index (κ1) is 15.9. The van der Waals surface area contributed by atoms with Gasteiger partial charge in [-0.1, -0.05) is 0 Å². The van der Waals surface area contributed by atoms with Crippen LogP contribution >= 0.6 is 0 Å². The minimum atomic E-state index is 0.125. The first-order valence-corrected chi connectivity index (χ1v) is 8.66. The Balaban J connectivity index is 1.34. The molecule has 2 atom stereocenters. The standard InChI is InChI=1S/C18H23N5O2/c1-21-12-20-11-17(21)15-8-16(15)18(24)23-5-3-22(4-6-23)13-7-14(25-2)10-19-9-13/h7,9-12,15-16H,3-6,8H2,1-2H3/t15-,16-/m1/s1. The molecule has 25 heavy (non-hydrogen) atoms. The summed E-state index contributed by atoms with van der Waals surface area (Å²) in [5.74, 6) is 1.50. The van der Waals surface area contributed by atoms with Crippen LogP contribution in [0.5, 0.6) is 5.75 Å². The van der Waals surface area contributed by atoms with Gasteiger partial charge in [0.1, 0.15) is 5.75 Å². The first-order valence-electron chi connectivity index (χ1n) is 8.66. The van der Waals surface area contributed by atoms with E-state index in [4.69, 9.17) is 4.74 Å². The van der Waals surface area contributed by atoms with Crippen LogP contribution in [-0.2, 0) is 11.8 Å². The lowest BCUT2D eigenvalue weighted by molar-refractivity contribution is -0.133. The Morgan fingerprint density at radius 2 is 1.96 bits per heavy atom. The molecule has 1 saturated carbocycles. The SMILES string of the molecule is COc1cncc(N2CCN(C(=O)[C@@H]3C[C@H]3c3cncn3C)CC2)c1. The van der Waals surface area contributed by atoms with Crippen LogP contribution in [0.1, 0.15) is 18.0 Å². The number of aryl methyl sites for hydroxylation is 1. The lowest BCUT2D eigenvalue weighted by Crippen LogP contribution is -2.49. The molecule has 2 aromatic rings. The Morgan fingerprint density at radius 3 is 2.64 bits per heavy atom. The average Bonchev–Trinajstić information content (AvgIpc) is 3.34. The van der Waals surface area contributed by atoms with Gasteiger partial charge < -0.3 is 19.1 Å². The van der Waals surface area contributed by atoms with E-state index in [-0.39, 0.29) is 11.8 Å². The Labute approximate surface area is 147 Å². The maximum atomic E-state index is 12.8. The van der Waals surface area contributed by atoms with E-state index in [1.807, 2.05) is 35.0 Å². The second kappa shape index (κ2) is 6.38. The summed E-state index contributed by atoms with van der Waals surface area (Å²) in [7, 11) is 3.63. The molecule has 1 amide bonds. The Bertz CT molecular complexity index is 766. The van der Waals surface area contributed by atoms with Gasteiger partial charge in [-0.3, -0.25) is 9.78 Å². The fraction of sp³-hybridized carbons (Fsp3) is 0.500. The van der Waals surface area contributed by atoms with Gasteiger partial charge in [-0.25, -0.2) is 4.98 Å². The molecule has 0 N–H and O–H groups in total. The fourth-order valence-corrected chi connectivity index (χ4v) is 3.63. The Hall–Kier alpha value is -2.57. The molecule has 0 radical (unpaired) electrons. The molecule has 7 heteroatoms. The fourth-order valence-electron chi connectivity index (χ4n) is 3.63. The number of hydrogen-bond acceptors (Lipinski definition) is 5. The van der Waals surface area contributed by atoms with E-state index in [9.17, 15) is 4.79 Å². The summed E-state index contributed by atoms with van der Waals surface area (Å²) in [6, 6.07) is 1.99. The van der Waals surface area contributed by atoms with Crippen molar-refractivity contribution in [2.75, 3.05) is 38.2 Å². The van der Waals surface area contributed by atoms with Crippen molar-refractivity contribution in [3.8, 4) is 5.75 Å². The number of nitrogens with zero attached hydrogens (tertiary/aromatic N) is 5. The summed E-state index contributed by atoms with van der Waals surface area (Å²) in [5, 5.41) is 0. The zero-order valence-corrected chi connectivity index (χ0v) is 14.6. The van der Waals surface area contributed by atoms with Crippen LogP contribution in [0, 0.1) is 5.92 Å². The quantitative estimate of drug-likeness (QED) is 0.838. The molecule has 2 aliphatic rings. The molecule has 0 aromatic carbocycles. The molecule has 0 unspecified atom stereocenters. The third-order valence-corrected chi connectivity index (χ3v) is 5.23. The van der Waals surface area contributed by atoms with Gasteiger partial charge in [-0.2, -0.15) is 0 Å². The molecule has 3 heterocycles. The van der Waals surface area contributed by atoms with Gasteiger partial charge in [0.15, 0.2) is 0 Å². The predicted molar refractivity (Wildman–Crippen MR) is 93.6 cm³/mol. The van der Waals surface area contributed by atoms with E-state index in [0.717, 1.165) is 44.0 Å². The number of carbonyl (C=O) groups excluding carboxylic acids is 1. The average molecular weight is 341 g/mol. The largest absolute Gasteiger partial charge is 0.495 e. The number of rotatable bonds is 4. The van der Waals surface area contributed by atoms with E-state index in [0.29, 0.717) is 5.92 Å². The monoisotopic (exact) mass is 341 g/mol. The first-order chi connectivity index (χ1) is 12.2. The molecular formula is C18H23N5O2. The number of hydrogen-bond donors (Lipinski definition) is 0. The van der Waals surface area contributed by atoms with Crippen molar-refractivity contribution < 1.29 is 9.53 Å². The zero-order valence-electron chi connectivity index (χ0n) is 14.6. The van der Waals surface area contributed by atoms with Crippen LogP contribution < -0.4 is 9.64 Å². The van der Waals surface area contributed by atoms with E-state index >= 15 is 0 Å². The molecule has 2 fully saturated rings. The number of anilines is 1. The van der Waals surface area contributed by atoms with Gasteiger partial charge in [0.25, 0.3) is 0 Å². The highest BCUT2D eigenvalue weighted by Gasteiger charge is 2.47. The van der Waals surface area contributed by atoms with Crippen LogP contribution in [0.4, 0.5) is 5.69 Å². The summed E-state index contributed by atoms with van der Waals surface area (Å²) in [5.41, 5.74) is 2.21. The van der Waals surface area contributed by atoms with Crippen molar-refractivity contribution in [2.45, 2.75) is 12.3 Å². The number of pyridine rings is 1. The van der Waals surface area contributed by atoms with Crippen molar-refractivity contribution in [3.05, 3.63) is 36.7 Å². The Morgan fingerprint density at radius 1 is 1.16 bits per heavy atom. The van der Waals surface area contributed by atoms with Gasteiger partial charge in [-0.05, 0) is 6.42 Å². The van der Waals surface area contributed by atoms with Gasteiger partial charge in [0, 0.05) is 63.0 Å². The summed E-state index contributed by atoms with van der Waals surface area (Å²) < 4.78 is 7.26. The lowest BCUT2D eigenvalue weighted by atomic mass is 10.2. The highest BCUT2D eigenvalue weighted by molar-refractivity contribution is 5.83. The van der Waals surface area contributed by atoms with Crippen molar-refractivity contribution in [2.24, 2.45) is 13.0 Å². The smallest absolute Gasteiger partial charge is 0.226 e. The molecule has 0 bridgehead atoms. The molecular weight excluding hydrogens is 318 g/mol. The summed E-state index contributed by atoms with van der Waals surface area (Å²) >= 11 is 0. The van der Waals surface area contributed by atoms with Crippen molar-refractivity contribution in [1.29, 1.82) is 0 Å². The Kier molecular flexibility index (Phi) is 4.07. The van der Waals surface area contributed by atoms with Crippen LogP contribution in [0.3, 0.4) is 0 Å². The maximum Gasteiger partial charge on any atom is 0.226 e. The molecule has 4 rings (SSSR count). The summed E-state index contributed by atoms with van der Waals surface area (Å²) in [6.07, 6.45) is 8.18. The van der Waals surface area contributed by atoms with Gasteiger partial charge in [0.2, 0.25) is 5.91 Å². The van der Waals surface area contributed by atoms with E-state index in [1.54, 1.807) is 19.6 Å². The number of aromatic nitrogens is 3. The van der Waals surface area contributed by atoms with Crippen LogP contribution in [0.2, 0.25) is 0 Å². The van der Waals surface area contributed by atoms with Crippen LogP contribution in [0.15, 0.2) is 31.0 Å². The van der Waals surface area contributed by atoms with Gasteiger partial charge >= 0.3 is 0 Å². The minimum Gasteiger partial charge on any atom is -0.495 e. The second-order valence-corrected chi connectivity index (χ2v) is 6.77. The van der Waals surface area contributed by atoms with Crippen molar-refractivity contribution >= 4 is 11.6 Å². The normalized spacial score (nSPS) is 22.8. The maximum absolute atomic E-state index is 12.8. The molecule has 2 aromatic heterocycles. The summed E-state index contributed by atoms with van der Waals surface area (Å²) in [4.78, 5) is 25.4. The van der Waals surface area contributed by atoms with Crippen molar-refractivity contribution in [3.63, 3.8) is 0 Å². The topological polar surface area (TPSA) is 63.5 Å². The minimum absolute atomic E-state index is 0.125. The molecule has 132 valence electrons. The predicted octanol–water partition coefficient (Wildman–Crippen LogP) is 1.28. The molecule has 0 spiro atoms. The number of carbonyl (C=O) groups is 1. The van der Waals surface area contributed by atoms with E-state index < -0.39 is 0 Å². The number of amides is 1. The number of ether oxygens (including phenoxy) is 1.